The second kappa shape index (κ2) is 18.5. The van der Waals surface area contributed by atoms with Crippen LogP contribution in [0.2, 0.25) is 0 Å². The predicted octanol–water partition coefficient (Wildman–Crippen LogP) is 5.13. The molecule has 3 saturated heterocycles. The quantitative estimate of drug-likeness (QED) is 0.0815. The van der Waals surface area contributed by atoms with Crippen LogP contribution in [0.15, 0.2) is 65.4 Å². The number of rotatable bonds is 15. The number of nitrogens with one attached hydrogen (secondary N) is 1. The van der Waals surface area contributed by atoms with E-state index in [9.17, 15) is 19.5 Å². The van der Waals surface area contributed by atoms with Gasteiger partial charge in [-0.1, -0.05) is 47.6 Å². The molecule has 0 unspecified atom stereocenters. The van der Waals surface area contributed by atoms with Crippen molar-refractivity contribution in [1.82, 2.24) is 10.3 Å². The SMILES string of the molecule is CC(=O)O[C@@H](C)/C=C\C(=O)N[C@@H]1C[C@H](C)[C@H](C/C=C(C)/C=C/[C@H]2O[C@H](CC(=O)OC[C@@H](C)SSc3ccccn3)C[C@@]3(CO3)[C@@H]2O)O[C@@H]1C. The summed E-state index contributed by atoms with van der Waals surface area (Å²) in [6.07, 6.45) is 9.95. The Labute approximate surface area is 297 Å². The molecule has 3 aliphatic heterocycles. The number of nitrogens with zero attached hydrogens (tertiary/aromatic N) is 1. The Morgan fingerprint density at radius 2 is 1.96 bits per heavy atom. The summed E-state index contributed by atoms with van der Waals surface area (Å²) in [5.74, 6) is -0.787. The second-order valence-electron chi connectivity index (χ2n) is 13.2. The molecule has 0 radical (unpaired) electrons. The zero-order valence-corrected chi connectivity index (χ0v) is 30.7. The number of allylic oxidation sites excluding steroid dienone is 2. The summed E-state index contributed by atoms with van der Waals surface area (Å²) in [5, 5.41) is 15.0. The van der Waals surface area contributed by atoms with E-state index in [0.717, 1.165) is 17.0 Å². The van der Waals surface area contributed by atoms with Gasteiger partial charge in [0.1, 0.15) is 35.5 Å². The van der Waals surface area contributed by atoms with E-state index in [0.29, 0.717) is 19.4 Å². The number of hydrogen-bond donors (Lipinski definition) is 2. The van der Waals surface area contributed by atoms with Crippen LogP contribution in [0.1, 0.15) is 67.2 Å². The van der Waals surface area contributed by atoms with E-state index in [-0.39, 0.29) is 54.3 Å². The molecule has 1 spiro atoms. The van der Waals surface area contributed by atoms with Gasteiger partial charge in [-0.25, -0.2) is 4.98 Å². The van der Waals surface area contributed by atoms with Crippen molar-refractivity contribution in [2.45, 2.75) is 126 Å². The molecule has 3 aliphatic rings. The number of aromatic nitrogens is 1. The minimum Gasteiger partial charge on any atom is -0.464 e. The minimum atomic E-state index is -0.835. The molecule has 11 nitrogen and oxygen atoms in total. The normalized spacial score (nSPS) is 31.4. The number of aliphatic hydroxyl groups is 1. The van der Waals surface area contributed by atoms with E-state index in [2.05, 4.69) is 23.3 Å². The fourth-order valence-corrected chi connectivity index (χ4v) is 7.77. The largest absolute Gasteiger partial charge is 0.464 e. The standard InChI is InChI=1S/C36H50N2O9S2/c1-22(10-13-30-23(2)17-29(26(5)46-30)38-32(40)15-12-24(3)45-27(6)39)11-14-31-35(42)36(21-44-36)19-28(47-31)18-34(41)43-20-25(4)48-49-33-9-7-8-16-37-33/h7-12,14-16,23-26,28-31,35,42H,13,17-21H2,1-6H3,(H,38,40)/b14-11+,15-12-,22-10+/t23-,24-,25+,26+,28+,29+,30-,31+,35+,36+/m0/s1. The summed E-state index contributed by atoms with van der Waals surface area (Å²) in [6, 6.07) is 5.61. The topological polar surface area (TPSA) is 146 Å². The molecule has 4 rings (SSSR count). The van der Waals surface area contributed by atoms with Gasteiger partial charge in [0.25, 0.3) is 0 Å². The fourth-order valence-electron chi connectivity index (χ4n) is 5.90. The first-order chi connectivity index (χ1) is 23.3. The highest BCUT2D eigenvalue weighted by molar-refractivity contribution is 8.76. The number of hydrogen-bond acceptors (Lipinski definition) is 12. The molecule has 0 bridgehead atoms. The van der Waals surface area contributed by atoms with Gasteiger partial charge in [-0.15, -0.1) is 0 Å². The second-order valence-corrected chi connectivity index (χ2v) is 15.9. The molecule has 1 amide bonds. The van der Waals surface area contributed by atoms with E-state index in [4.69, 9.17) is 23.7 Å². The molecule has 49 heavy (non-hydrogen) atoms. The molecule has 270 valence electrons. The Morgan fingerprint density at radius 1 is 1.18 bits per heavy atom. The van der Waals surface area contributed by atoms with Gasteiger partial charge in [0.2, 0.25) is 5.91 Å². The van der Waals surface area contributed by atoms with Crippen molar-refractivity contribution in [2.75, 3.05) is 13.2 Å². The number of esters is 2. The van der Waals surface area contributed by atoms with Crippen molar-refractivity contribution in [1.29, 1.82) is 0 Å². The van der Waals surface area contributed by atoms with E-state index in [1.54, 1.807) is 40.8 Å². The smallest absolute Gasteiger partial charge is 0.308 e. The van der Waals surface area contributed by atoms with E-state index in [1.165, 1.54) is 13.0 Å². The fraction of sp³-hybridized carbons (Fsp3) is 0.611. The molecule has 0 aliphatic carbocycles. The van der Waals surface area contributed by atoms with Crippen molar-refractivity contribution >= 4 is 39.4 Å². The van der Waals surface area contributed by atoms with Gasteiger partial charge in [-0.05, 0) is 75.5 Å². The Kier molecular flexibility index (Phi) is 14.8. The number of ether oxygens (including phenoxy) is 5. The predicted molar refractivity (Wildman–Crippen MR) is 189 cm³/mol. The number of carbonyl (C=O) groups excluding carboxylic acids is 3. The van der Waals surface area contributed by atoms with Gasteiger partial charge in [0, 0.05) is 30.9 Å². The molecule has 1 aromatic heterocycles. The van der Waals surface area contributed by atoms with E-state index in [1.807, 2.05) is 51.1 Å². The van der Waals surface area contributed by atoms with Gasteiger partial charge in [-0.2, -0.15) is 0 Å². The molecule has 0 aromatic carbocycles. The van der Waals surface area contributed by atoms with Gasteiger partial charge >= 0.3 is 11.9 Å². The molecule has 2 N–H and O–H groups in total. The molecule has 10 atom stereocenters. The van der Waals surface area contributed by atoms with Crippen LogP contribution in [0.3, 0.4) is 0 Å². The molecule has 3 fully saturated rings. The number of aliphatic hydroxyl groups excluding tert-OH is 1. The lowest BCUT2D eigenvalue weighted by Gasteiger charge is -2.39. The Balaban J connectivity index is 1.22. The summed E-state index contributed by atoms with van der Waals surface area (Å²) in [6.45, 7) is 11.8. The van der Waals surface area contributed by atoms with E-state index < -0.39 is 36.0 Å². The summed E-state index contributed by atoms with van der Waals surface area (Å²) < 4.78 is 28.7. The number of pyridine rings is 1. The summed E-state index contributed by atoms with van der Waals surface area (Å²) in [7, 11) is 3.15. The Bertz CT molecular complexity index is 1350. The highest BCUT2D eigenvalue weighted by Gasteiger charge is 2.58. The average molecular weight is 719 g/mol. The highest BCUT2D eigenvalue weighted by atomic mass is 33.1. The van der Waals surface area contributed by atoms with Crippen LogP contribution in [0.5, 0.6) is 0 Å². The van der Waals surface area contributed by atoms with Crippen LogP contribution in [-0.4, -0.2) is 94.7 Å². The Hall–Kier alpha value is -2.68. The lowest BCUT2D eigenvalue weighted by molar-refractivity contribution is -0.159. The molecule has 1 aromatic rings. The molecular weight excluding hydrogens is 669 g/mol. The van der Waals surface area contributed by atoms with Gasteiger partial charge in [0.05, 0.1) is 37.4 Å². The highest BCUT2D eigenvalue weighted by Crippen LogP contribution is 2.43. The number of amides is 1. The zero-order valence-electron chi connectivity index (χ0n) is 29.1. The number of carbonyl (C=O) groups is 3. The lowest BCUT2D eigenvalue weighted by atomic mass is 9.87. The van der Waals surface area contributed by atoms with Crippen molar-refractivity contribution in [3.8, 4) is 0 Å². The molecule has 13 heteroatoms. The third kappa shape index (κ3) is 12.6. The summed E-state index contributed by atoms with van der Waals surface area (Å²) in [4.78, 5) is 40.5. The first-order valence-corrected chi connectivity index (χ1v) is 19.1. The molecule has 4 heterocycles. The Morgan fingerprint density at radius 3 is 2.65 bits per heavy atom. The monoisotopic (exact) mass is 718 g/mol. The summed E-state index contributed by atoms with van der Waals surface area (Å²) in [5.41, 5.74) is 0.298. The first kappa shape index (κ1) is 39.1. The van der Waals surface area contributed by atoms with Gasteiger partial charge < -0.3 is 34.1 Å². The molecule has 0 saturated carbocycles. The van der Waals surface area contributed by atoms with Crippen LogP contribution in [0.25, 0.3) is 0 Å². The minimum absolute atomic E-state index is 0.0178. The van der Waals surface area contributed by atoms with Crippen molar-refractivity contribution in [2.24, 2.45) is 5.92 Å². The van der Waals surface area contributed by atoms with Crippen molar-refractivity contribution in [3.05, 3.63) is 60.3 Å². The van der Waals surface area contributed by atoms with E-state index >= 15 is 0 Å². The van der Waals surface area contributed by atoms with Crippen LogP contribution in [-0.2, 0) is 38.1 Å². The lowest BCUT2D eigenvalue weighted by Crippen LogP contribution is -2.50. The van der Waals surface area contributed by atoms with Gasteiger partial charge in [-0.3, -0.25) is 14.4 Å². The maximum absolute atomic E-state index is 12.7. The first-order valence-electron chi connectivity index (χ1n) is 16.9. The third-order valence-corrected chi connectivity index (χ3v) is 11.5. The van der Waals surface area contributed by atoms with Crippen molar-refractivity contribution < 1.29 is 43.2 Å². The van der Waals surface area contributed by atoms with Crippen LogP contribution < -0.4 is 5.32 Å². The molecular formula is C36H50N2O9S2. The summed E-state index contributed by atoms with van der Waals surface area (Å²) >= 11 is 0. The number of epoxide rings is 1. The van der Waals surface area contributed by atoms with Gasteiger partial charge in [0.15, 0.2) is 0 Å². The zero-order chi connectivity index (χ0) is 35.6. The maximum atomic E-state index is 12.7. The van der Waals surface area contributed by atoms with Crippen molar-refractivity contribution in [3.63, 3.8) is 0 Å². The van der Waals surface area contributed by atoms with Crippen LogP contribution in [0.4, 0.5) is 0 Å². The third-order valence-electron chi connectivity index (χ3n) is 8.73. The maximum Gasteiger partial charge on any atom is 0.308 e. The van der Waals surface area contributed by atoms with Crippen LogP contribution in [0, 0.1) is 5.92 Å². The average Bonchev–Trinajstić information content (AvgIpc) is 3.83. The van der Waals surface area contributed by atoms with Crippen LogP contribution >= 0.6 is 21.6 Å².